The van der Waals surface area contributed by atoms with Crippen molar-refractivity contribution in [2.24, 2.45) is 5.92 Å². The van der Waals surface area contributed by atoms with Gasteiger partial charge in [0, 0.05) is 0 Å². The first-order valence-electron chi connectivity index (χ1n) is 7.72. The van der Waals surface area contributed by atoms with E-state index in [1.165, 1.54) is 25.7 Å². The van der Waals surface area contributed by atoms with E-state index in [1.807, 2.05) is 24.3 Å². The summed E-state index contributed by atoms with van der Waals surface area (Å²) in [6, 6.07) is 7.98. The van der Waals surface area contributed by atoms with E-state index >= 15 is 0 Å². The van der Waals surface area contributed by atoms with Crippen LogP contribution >= 0.6 is 0 Å². The summed E-state index contributed by atoms with van der Waals surface area (Å²) in [5.41, 5.74) is 1.01. The fourth-order valence-corrected chi connectivity index (χ4v) is 2.91. The molecule has 0 bridgehead atoms. The summed E-state index contributed by atoms with van der Waals surface area (Å²) >= 11 is 0. The highest BCUT2D eigenvalue weighted by Gasteiger charge is 2.22. The Kier molecular flexibility index (Phi) is 5.71. The van der Waals surface area contributed by atoms with E-state index in [0.717, 1.165) is 37.2 Å². The normalized spacial score (nSPS) is 18.8. The summed E-state index contributed by atoms with van der Waals surface area (Å²) in [7, 11) is 0. The number of hydrogen-bond acceptors (Lipinski definition) is 2. The Balaban J connectivity index is 2.02. The summed E-state index contributed by atoms with van der Waals surface area (Å²) in [5.74, 6) is 1.30. The lowest BCUT2D eigenvalue weighted by Gasteiger charge is -2.22. The first-order valence-corrected chi connectivity index (χ1v) is 7.72. The molecule has 0 spiro atoms. The zero-order valence-corrected chi connectivity index (χ0v) is 12.0. The van der Waals surface area contributed by atoms with Gasteiger partial charge in [0.1, 0.15) is 5.75 Å². The second-order valence-electron chi connectivity index (χ2n) is 5.62. The predicted octanol–water partition coefficient (Wildman–Crippen LogP) is 4.48. The molecule has 0 aliphatic heterocycles. The maximum absolute atomic E-state index is 10.6. The van der Waals surface area contributed by atoms with Crippen molar-refractivity contribution in [1.29, 1.82) is 0 Å². The molecule has 19 heavy (non-hydrogen) atoms. The minimum Gasteiger partial charge on any atom is -0.494 e. The first-order chi connectivity index (χ1) is 9.31. The molecule has 1 aliphatic rings. The van der Waals surface area contributed by atoms with Gasteiger partial charge >= 0.3 is 0 Å². The molecule has 1 saturated carbocycles. The molecule has 1 unspecified atom stereocenters. The van der Waals surface area contributed by atoms with E-state index < -0.39 is 0 Å². The van der Waals surface area contributed by atoms with Crippen LogP contribution in [-0.2, 0) is 0 Å². The highest BCUT2D eigenvalue weighted by molar-refractivity contribution is 5.30. The van der Waals surface area contributed by atoms with Crippen molar-refractivity contribution in [3.8, 4) is 5.75 Å². The van der Waals surface area contributed by atoms with Gasteiger partial charge in [-0.2, -0.15) is 0 Å². The lowest BCUT2D eigenvalue weighted by molar-refractivity contribution is 0.0985. The van der Waals surface area contributed by atoms with Crippen LogP contribution in [-0.4, -0.2) is 11.7 Å². The lowest BCUT2D eigenvalue weighted by Crippen LogP contribution is -2.12. The molecule has 2 nitrogen and oxygen atoms in total. The molecule has 1 aromatic rings. The fourth-order valence-electron chi connectivity index (χ4n) is 2.91. The Labute approximate surface area is 116 Å². The molecular formula is C17H26O2. The molecule has 1 atom stereocenters. The standard InChI is InChI=1S/C17H26O2/c1-2-12-19-16-11-7-10-15(13-16)17(18)14-8-5-3-4-6-9-14/h7,10-11,13-14,17-18H,2-6,8-9,12H2,1H3. The van der Waals surface area contributed by atoms with Crippen LogP contribution in [0.2, 0.25) is 0 Å². The Morgan fingerprint density at radius 1 is 1.21 bits per heavy atom. The third-order valence-corrected chi connectivity index (χ3v) is 4.02. The number of ether oxygens (including phenoxy) is 1. The largest absolute Gasteiger partial charge is 0.494 e. The molecule has 0 saturated heterocycles. The van der Waals surface area contributed by atoms with Crippen LogP contribution < -0.4 is 4.74 Å². The van der Waals surface area contributed by atoms with Gasteiger partial charge in [0.05, 0.1) is 12.7 Å². The molecule has 0 heterocycles. The summed E-state index contributed by atoms with van der Waals surface area (Å²) in [6.07, 6.45) is 8.15. The molecule has 2 heteroatoms. The fraction of sp³-hybridized carbons (Fsp3) is 0.647. The van der Waals surface area contributed by atoms with Crippen LogP contribution in [0.3, 0.4) is 0 Å². The van der Waals surface area contributed by atoms with Crippen molar-refractivity contribution in [2.75, 3.05) is 6.61 Å². The van der Waals surface area contributed by atoms with Gasteiger partial charge in [-0.25, -0.2) is 0 Å². The smallest absolute Gasteiger partial charge is 0.119 e. The first kappa shape index (κ1) is 14.4. The Hall–Kier alpha value is -1.02. The van der Waals surface area contributed by atoms with E-state index in [4.69, 9.17) is 4.74 Å². The zero-order valence-electron chi connectivity index (χ0n) is 12.0. The van der Waals surface area contributed by atoms with Gasteiger partial charge in [-0.05, 0) is 42.9 Å². The lowest BCUT2D eigenvalue weighted by atomic mass is 9.89. The highest BCUT2D eigenvalue weighted by Crippen LogP contribution is 2.34. The molecule has 1 aliphatic carbocycles. The Morgan fingerprint density at radius 3 is 2.63 bits per heavy atom. The van der Waals surface area contributed by atoms with E-state index in [1.54, 1.807) is 0 Å². The average Bonchev–Trinajstić information content (AvgIpc) is 2.73. The van der Waals surface area contributed by atoms with Crippen LogP contribution in [0.15, 0.2) is 24.3 Å². The number of benzene rings is 1. The molecule has 0 amide bonds. The van der Waals surface area contributed by atoms with Gasteiger partial charge in [0.2, 0.25) is 0 Å². The summed E-state index contributed by atoms with van der Waals surface area (Å²) in [4.78, 5) is 0. The molecular weight excluding hydrogens is 236 g/mol. The Morgan fingerprint density at radius 2 is 1.95 bits per heavy atom. The zero-order chi connectivity index (χ0) is 13.5. The highest BCUT2D eigenvalue weighted by atomic mass is 16.5. The molecule has 0 radical (unpaired) electrons. The average molecular weight is 262 g/mol. The Bertz CT molecular complexity index is 367. The minimum absolute atomic E-state index is 0.330. The van der Waals surface area contributed by atoms with Gasteiger partial charge in [-0.1, -0.05) is 44.7 Å². The minimum atomic E-state index is -0.330. The molecule has 1 aromatic carbocycles. The second kappa shape index (κ2) is 7.54. The van der Waals surface area contributed by atoms with Crippen molar-refractivity contribution in [3.63, 3.8) is 0 Å². The molecule has 2 rings (SSSR count). The number of aliphatic hydroxyl groups is 1. The van der Waals surface area contributed by atoms with Crippen molar-refractivity contribution in [2.45, 2.75) is 58.0 Å². The third kappa shape index (κ3) is 4.24. The van der Waals surface area contributed by atoms with Crippen molar-refractivity contribution >= 4 is 0 Å². The molecule has 106 valence electrons. The van der Waals surface area contributed by atoms with Crippen LogP contribution in [0.4, 0.5) is 0 Å². The van der Waals surface area contributed by atoms with Crippen LogP contribution in [0, 0.1) is 5.92 Å². The molecule has 0 aromatic heterocycles. The second-order valence-corrected chi connectivity index (χ2v) is 5.62. The molecule has 1 N–H and O–H groups in total. The maximum atomic E-state index is 10.6. The van der Waals surface area contributed by atoms with E-state index in [0.29, 0.717) is 5.92 Å². The van der Waals surface area contributed by atoms with Crippen molar-refractivity contribution in [3.05, 3.63) is 29.8 Å². The van der Waals surface area contributed by atoms with Crippen LogP contribution in [0.5, 0.6) is 5.75 Å². The quantitative estimate of drug-likeness (QED) is 0.793. The van der Waals surface area contributed by atoms with E-state index in [-0.39, 0.29) is 6.10 Å². The van der Waals surface area contributed by atoms with Gasteiger partial charge in [0.15, 0.2) is 0 Å². The van der Waals surface area contributed by atoms with Crippen LogP contribution in [0.1, 0.15) is 63.5 Å². The van der Waals surface area contributed by atoms with Gasteiger partial charge in [0.25, 0.3) is 0 Å². The monoisotopic (exact) mass is 262 g/mol. The summed E-state index contributed by atoms with van der Waals surface area (Å²) in [5, 5.41) is 10.6. The van der Waals surface area contributed by atoms with Crippen LogP contribution in [0.25, 0.3) is 0 Å². The van der Waals surface area contributed by atoms with Gasteiger partial charge in [-0.3, -0.25) is 0 Å². The summed E-state index contributed by atoms with van der Waals surface area (Å²) < 4.78 is 5.65. The van der Waals surface area contributed by atoms with Gasteiger partial charge < -0.3 is 9.84 Å². The SMILES string of the molecule is CCCOc1cccc(C(O)C2CCCCCC2)c1. The van der Waals surface area contributed by atoms with E-state index in [9.17, 15) is 5.11 Å². The number of aliphatic hydroxyl groups excluding tert-OH is 1. The topological polar surface area (TPSA) is 29.5 Å². The summed E-state index contributed by atoms with van der Waals surface area (Å²) in [6.45, 7) is 2.84. The predicted molar refractivity (Wildman–Crippen MR) is 78.4 cm³/mol. The van der Waals surface area contributed by atoms with E-state index in [2.05, 4.69) is 6.92 Å². The number of rotatable bonds is 5. The maximum Gasteiger partial charge on any atom is 0.119 e. The van der Waals surface area contributed by atoms with Gasteiger partial charge in [-0.15, -0.1) is 0 Å². The third-order valence-electron chi connectivity index (χ3n) is 4.02. The van der Waals surface area contributed by atoms with Crippen molar-refractivity contribution in [1.82, 2.24) is 0 Å². The molecule has 1 fully saturated rings. The van der Waals surface area contributed by atoms with Crippen molar-refractivity contribution < 1.29 is 9.84 Å². The number of hydrogen-bond donors (Lipinski definition) is 1.